The molecule has 0 saturated carbocycles. The summed E-state index contributed by atoms with van der Waals surface area (Å²) in [4.78, 5) is 29.9. The first-order chi connectivity index (χ1) is 12.9. The highest BCUT2D eigenvalue weighted by molar-refractivity contribution is 8.00. The molecule has 0 aliphatic rings. The lowest BCUT2D eigenvalue weighted by molar-refractivity contribution is -0.119. The van der Waals surface area contributed by atoms with Crippen molar-refractivity contribution in [1.29, 1.82) is 0 Å². The number of amides is 2. The number of aryl methyl sites for hydroxylation is 1. The Morgan fingerprint density at radius 3 is 2.74 bits per heavy atom. The number of fused-ring (bicyclic) bond motifs is 1. The highest BCUT2D eigenvalue weighted by Crippen LogP contribution is 2.27. The minimum Gasteiger partial charge on any atom is -0.353 e. The highest BCUT2D eigenvalue weighted by atomic mass is 32.2. The standard InChI is InChI=1S/C20H21N3O2S2/c1-12(2)21-19(24)11-26-17-7-5-4-6-15(17)20(25)23-14-8-9-16-18(10-14)27-13(3)22-16/h4-10,12H,11H2,1-3H3,(H,21,24)(H,23,25). The monoisotopic (exact) mass is 399 g/mol. The zero-order valence-corrected chi connectivity index (χ0v) is 17.0. The van der Waals surface area contributed by atoms with Gasteiger partial charge in [0.05, 0.1) is 26.5 Å². The molecule has 0 atom stereocenters. The van der Waals surface area contributed by atoms with Crippen LogP contribution in [0.1, 0.15) is 29.2 Å². The molecule has 0 radical (unpaired) electrons. The Bertz CT molecular complexity index is 982. The molecule has 0 unspecified atom stereocenters. The van der Waals surface area contributed by atoms with Crippen molar-refractivity contribution in [3.63, 3.8) is 0 Å². The van der Waals surface area contributed by atoms with E-state index < -0.39 is 0 Å². The van der Waals surface area contributed by atoms with Crippen LogP contribution >= 0.6 is 23.1 Å². The van der Waals surface area contributed by atoms with Crippen molar-refractivity contribution in [1.82, 2.24) is 10.3 Å². The molecule has 0 fully saturated rings. The van der Waals surface area contributed by atoms with Crippen molar-refractivity contribution in [2.45, 2.75) is 31.7 Å². The van der Waals surface area contributed by atoms with E-state index >= 15 is 0 Å². The average molecular weight is 400 g/mol. The number of thiazole rings is 1. The van der Waals surface area contributed by atoms with Gasteiger partial charge in [-0.2, -0.15) is 0 Å². The molecule has 2 amide bonds. The minimum absolute atomic E-state index is 0.0452. The molecule has 2 N–H and O–H groups in total. The van der Waals surface area contributed by atoms with Crippen LogP contribution in [0.2, 0.25) is 0 Å². The summed E-state index contributed by atoms with van der Waals surface area (Å²) >= 11 is 2.96. The molecule has 2 aromatic carbocycles. The van der Waals surface area contributed by atoms with E-state index in [1.807, 2.05) is 57.2 Å². The molecule has 3 rings (SSSR count). The first-order valence-electron chi connectivity index (χ1n) is 8.62. The number of carbonyl (C=O) groups is 2. The predicted octanol–water partition coefficient (Wildman–Crippen LogP) is 4.47. The van der Waals surface area contributed by atoms with Crippen LogP contribution in [0.15, 0.2) is 47.4 Å². The van der Waals surface area contributed by atoms with E-state index in [9.17, 15) is 9.59 Å². The molecule has 0 bridgehead atoms. The van der Waals surface area contributed by atoms with Crippen molar-refractivity contribution in [2.24, 2.45) is 0 Å². The highest BCUT2D eigenvalue weighted by Gasteiger charge is 2.14. The third-order valence-corrected chi connectivity index (χ3v) is 5.70. The fourth-order valence-electron chi connectivity index (χ4n) is 2.60. The number of thioether (sulfide) groups is 1. The van der Waals surface area contributed by atoms with E-state index in [1.165, 1.54) is 11.8 Å². The van der Waals surface area contributed by atoms with Gasteiger partial charge in [-0.05, 0) is 51.1 Å². The SMILES string of the molecule is Cc1nc2ccc(NC(=O)c3ccccc3SCC(=O)NC(C)C)cc2s1. The van der Waals surface area contributed by atoms with Crippen LogP contribution in [0.4, 0.5) is 5.69 Å². The summed E-state index contributed by atoms with van der Waals surface area (Å²) in [6.07, 6.45) is 0. The molecular weight excluding hydrogens is 378 g/mol. The van der Waals surface area contributed by atoms with E-state index in [-0.39, 0.29) is 23.6 Å². The summed E-state index contributed by atoms with van der Waals surface area (Å²) in [7, 11) is 0. The Hall–Kier alpha value is -2.38. The van der Waals surface area contributed by atoms with Crippen LogP contribution in [0, 0.1) is 6.92 Å². The van der Waals surface area contributed by atoms with Crippen molar-refractivity contribution in [2.75, 3.05) is 11.1 Å². The largest absolute Gasteiger partial charge is 0.353 e. The van der Waals surface area contributed by atoms with E-state index in [0.717, 1.165) is 25.8 Å². The maximum atomic E-state index is 12.8. The predicted molar refractivity (Wildman–Crippen MR) is 113 cm³/mol. The van der Waals surface area contributed by atoms with Crippen LogP contribution in [-0.2, 0) is 4.79 Å². The maximum absolute atomic E-state index is 12.8. The van der Waals surface area contributed by atoms with Crippen molar-refractivity contribution in [3.05, 3.63) is 53.0 Å². The molecule has 1 heterocycles. The summed E-state index contributed by atoms with van der Waals surface area (Å²) in [6, 6.07) is 13.1. The lowest BCUT2D eigenvalue weighted by atomic mass is 10.2. The van der Waals surface area contributed by atoms with Gasteiger partial charge in [-0.25, -0.2) is 4.98 Å². The van der Waals surface area contributed by atoms with E-state index in [4.69, 9.17) is 0 Å². The fraction of sp³-hybridized carbons (Fsp3) is 0.250. The number of nitrogens with zero attached hydrogens (tertiary/aromatic N) is 1. The van der Waals surface area contributed by atoms with Crippen LogP contribution in [0.5, 0.6) is 0 Å². The zero-order chi connectivity index (χ0) is 19.4. The Balaban J connectivity index is 1.73. The number of hydrogen-bond acceptors (Lipinski definition) is 5. The lowest BCUT2D eigenvalue weighted by Gasteiger charge is -2.11. The number of nitrogens with one attached hydrogen (secondary N) is 2. The molecule has 27 heavy (non-hydrogen) atoms. The number of benzene rings is 2. The topological polar surface area (TPSA) is 71.1 Å². The molecule has 7 heteroatoms. The number of carbonyl (C=O) groups excluding carboxylic acids is 2. The smallest absolute Gasteiger partial charge is 0.256 e. The summed E-state index contributed by atoms with van der Waals surface area (Å²) in [5, 5.41) is 6.80. The maximum Gasteiger partial charge on any atom is 0.256 e. The van der Waals surface area contributed by atoms with Gasteiger partial charge in [0, 0.05) is 16.6 Å². The van der Waals surface area contributed by atoms with Crippen LogP contribution in [0.3, 0.4) is 0 Å². The number of hydrogen-bond donors (Lipinski definition) is 2. The van der Waals surface area contributed by atoms with Gasteiger partial charge in [-0.15, -0.1) is 23.1 Å². The molecule has 0 aliphatic carbocycles. The van der Waals surface area contributed by atoms with E-state index in [0.29, 0.717) is 5.56 Å². The van der Waals surface area contributed by atoms with Gasteiger partial charge in [-0.3, -0.25) is 9.59 Å². The fourth-order valence-corrected chi connectivity index (χ4v) is 4.33. The summed E-state index contributed by atoms with van der Waals surface area (Å²) in [6.45, 7) is 5.81. The Morgan fingerprint density at radius 1 is 1.19 bits per heavy atom. The van der Waals surface area contributed by atoms with E-state index in [2.05, 4.69) is 15.6 Å². The molecule has 0 saturated heterocycles. The van der Waals surface area contributed by atoms with Crippen LogP contribution in [0.25, 0.3) is 10.2 Å². The van der Waals surface area contributed by atoms with Crippen LogP contribution in [-0.4, -0.2) is 28.6 Å². The van der Waals surface area contributed by atoms with Gasteiger partial charge in [0.25, 0.3) is 5.91 Å². The van der Waals surface area contributed by atoms with E-state index in [1.54, 1.807) is 17.4 Å². The average Bonchev–Trinajstić information content (AvgIpc) is 2.99. The van der Waals surface area contributed by atoms with Gasteiger partial charge in [0.1, 0.15) is 0 Å². The first-order valence-corrected chi connectivity index (χ1v) is 10.4. The Morgan fingerprint density at radius 2 is 1.96 bits per heavy atom. The van der Waals surface area contributed by atoms with Gasteiger partial charge in [0.15, 0.2) is 0 Å². The zero-order valence-electron chi connectivity index (χ0n) is 15.4. The van der Waals surface area contributed by atoms with Crippen molar-refractivity contribution in [3.8, 4) is 0 Å². The first kappa shape index (κ1) is 19.4. The molecule has 140 valence electrons. The third kappa shape index (κ3) is 5.08. The minimum atomic E-state index is -0.192. The number of aromatic nitrogens is 1. The molecule has 1 aromatic heterocycles. The second-order valence-corrected chi connectivity index (χ2v) is 8.63. The molecule has 0 aliphatic heterocycles. The van der Waals surface area contributed by atoms with Gasteiger partial charge in [-0.1, -0.05) is 12.1 Å². The quantitative estimate of drug-likeness (QED) is 0.600. The second kappa shape index (κ2) is 8.54. The van der Waals surface area contributed by atoms with Gasteiger partial charge < -0.3 is 10.6 Å². The molecular formula is C20H21N3O2S2. The van der Waals surface area contributed by atoms with Crippen molar-refractivity contribution >= 4 is 50.8 Å². The lowest BCUT2D eigenvalue weighted by Crippen LogP contribution is -2.31. The van der Waals surface area contributed by atoms with Crippen molar-refractivity contribution < 1.29 is 9.59 Å². The summed E-state index contributed by atoms with van der Waals surface area (Å²) in [5.74, 6) is 0.0355. The van der Waals surface area contributed by atoms with Gasteiger partial charge in [0.2, 0.25) is 5.91 Å². The molecule has 5 nitrogen and oxygen atoms in total. The summed E-state index contributed by atoms with van der Waals surface area (Å²) in [5.41, 5.74) is 2.22. The van der Waals surface area contributed by atoms with Gasteiger partial charge >= 0.3 is 0 Å². The Kier molecular flexibility index (Phi) is 6.13. The Labute approximate surface area is 166 Å². The number of rotatable bonds is 6. The third-order valence-electron chi connectivity index (χ3n) is 3.69. The summed E-state index contributed by atoms with van der Waals surface area (Å²) < 4.78 is 1.04. The number of anilines is 1. The normalized spacial score (nSPS) is 11.0. The van der Waals surface area contributed by atoms with Crippen LogP contribution < -0.4 is 10.6 Å². The second-order valence-electron chi connectivity index (χ2n) is 6.38. The molecule has 0 spiro atoms. The molecule has 3 aromatic rings.